The summed E-state index contributed by atoms with van der Waals surface area (Å²) in [4.78, 5) is 20.0. The van der Waals surface area contributed by atoms with Crippen LogP contribution in [0.1, 0.15) is 6.92 Å². The number of hydrogen-bond acceptors (Lipinski definition) is 10. The van der Waals surface area contributed by atoms with Crippen LogP contribution in [0.15, 0.2) is 36.7 Å². The van der Waals surface area contributed by atoms with Crippen LogP contribution in [0.25, 0.3) is 10.9 Å². The Bertz CT molecular complexity index is 1260. The van der Waals surface area contributed by atoms with Gasteiger partial charge in [0.25, 0.3) is 0 Å². The minimum Gasteiger partial charge on any atom is -0.493 e. The number of anilines is 2. The number of carbonyl (C=O) groups excluding carboxylic acids is 1. The second kappa shape index (κ2) is 9.73. The maximum atomic E-state index is 11.3. The zero-order valence-electron chi connectivity index (χ0n) is 19.3. The number of nitrogens with zero attached hydrogens (tertiary/aromatic N) is 2. The Balaban J connectivity index is 1.32. The van der Waals surface area contributed by atoms with E-state index >= 15 is 0 Å². The van der Waals surface area contributed by atoms with Crippen molar-refractivity contribution in [3.8, 4) is 17.2 Å². The van der Waals surface area contributed by atoms with Crippen LogP contribution in [0.4, 0.5) is 11.5 Å². The lowest BCUT2D eigenvalue weighted by Crippen LogP contribution is -2.36. The van der Waals surface area contributed by atoms with Crippen LogP contribution in [0.2, 0.25) is 5.02 Å². The molecule has 184 valence electrons. The fraction of sp³-hybridized carbons (Fsp3) is 0.375. The van der Waals surface area contributed by atoms with Crippen molar-refractivity contribution in [1.82, 2.24) is 9.97 Å². The molecule has 5 rings (SSSR count). The van der Waals surface area contributed by atoms with Crippen molar-refractivity contribution in [2.45, 2.75) is 31.3 Å². The molecule has 0 bridgehead atoms. The van der Waals surface area contributed by atoms with E-state index < -0.39 is 6.10 Å². The van der Waals surface area contributed by atoms with E-state index in [1.807, 2.05) is 12.1 Å². The number of halogens is 1. The molecule has 0 amide bonds. The quantitative estimate of drug-likeness (QED) is 0.483. The second-order valence-corrected chi connectivity index (χ2v) is 8.52. The van der Waals surface area contributed by atoms with E-state index in [1.165, 1.54) is 13.3 Å². The van der Waals surface area contributed by atoms with Crippen LogP contribution in [-0.4, -0.2) is 67.8 Å². The highest BCUT2D eigenvalue weighted by atomic mass is 35.5. The molecule has 0 radical (unpaired) electrons. The molecule has 35 heavy (non-hydrogen) atoms. The van der Waals surface area contributed by atoms with Crippen molar-refractivity contribution in [3.05, 3.63) is 41.7 Å². The predicted octanol–water partition coefficient (Wildman–Crippen LogP) is 3.52. The number of nitrogens with one attached hydrogen (secondary N) is 1. The lowest BCUT2D eigenvalue weighted by molar-refractivity contribution is -0.150. The zero-order valence-corrected chi connectivity index (χ0v) is 20.1. The van der Waals surface area contributed by atoms with Crippen molar-refractivity contribution < 1.29 is 33.2 Å². The molecule has 2 aliphatic rings. The molecule has 11 heteroatoms. The van der Waals surface area contributed by atoms with Crippen LogP contribution >= 0.6 is 11.6 Å². The van der Waals surface area contributed by atoms with Gasteiger partial charge < -0.3 is 33.7 Å². The summed E-state index contributed by atoms with van der Waals surface area (Å²) in [6, 6.07) is 8.95. The van der Waals surface area contributed by atoms with Crippen molar-refractivity contribution in [1.29, 1.82) is 0 Å². The van der Waals surface area contributed by atoms with E-state index in [9.17, 15) is 4.79 Å². The van der Waals surface area contributed by atoms with Gasteiger partial charge in [-0.2, -0.15) is 0 Å². The van der Waals surface area contributed by atoms with Gasteiger partial charge in [0, 0.05) is 24.1 Å². The third kappa shape index (κ3) is 4.64. The molecule has 2 aliphatic heterocycles. The summed E-state index contributed by atoms with van der Waals surface area (Å²) in [5.41, 5.74) is 1.41. The molecule has 2 aromatic carbocycles. The fourth-order valence-electron chi connectivity index (χ4n) is 4.30. The first-order valence-corrected chi connectivity index (χ1v) is 11.3. The number of hydrogen-bond donors (Lipinski definition) is 1. The zero-order chi connectivity index (χ0) is 24.5. The Morgan fingerprint density at radius 3 is 2.43 bits per heavy atom. The molecule has 10 nitrogen and oxygen atoms in total. The van der Waals surface area contributed by atoms with Gasteiger partial charge in [-0.1, -0.05) is 11.6 Å². The summed E-state index contributed by atoms with van der Waals surface area (Å²) < 4.78 is 33.7. The van der Waals surface area contributed by atoms with E-state index in [-0.39, 0.29) is 30.9 Å². The Morgan fingerprint density at radius 1 is 1.00 bits per heavy atom. The normalized spacial score (nSPS) is 23.1. The lowest BCUT2D eigenvalue weighted by Gasteiger charge is -2.19. The van der Waals surface area contributed by atoms with E-state index in [0.717, 1.165) is 5.39 Å². The lowest BCUT2D eigenvalue weighted by atomic mass is 10.1. The molecule has 2 fully saturated rings. The first-order chi connectivity index (χ1) is 17.0. The van der Waals surface area contributed by atoms with Gasteiger partial charge in [0.1, 0.15) is 30.1 Å². The Labute approximate surface area is 206 Å². The molecule has 0 spiro atoms. The monoisotopic (exact) mass is 501 g/mol. The number of esters is 1. The van der Waals surface area contributed by atoms with Gasteiger partial charge in [0.05, 0.1) is 38.0 Å². The highest BCUT2D eigenvalue weighted by Gasteiger charge is 2.50. The smallest absolute Gasteiger partial charge is 0.303 e. The Kier molecular flexibility index (Phi) is 6.50. The fourth-order valence-corrected chi connectivity index (χ4v) is 4.53. The first kappa shape index (κ1) is 23.4. The molecule has 3 heterocycles. The summed E-state index contributed by atoms with van der Waals surface area (Å²) in [6.45, 7) is 1.94. The number of rotatable bonds is 7. The molecule has 2 saturated heterocycles. The van der Waals surface area contributed by atoms with Crippen molar-refractivity contribution in [2.75, 3.05) is 32.8 Å². The Morgan fingerprint density at radius 2 is 1.71 bits per heavy atom. The van der Waals surface area contributed by atoms with Crippen LogP contribution in [0.5, 0.6) is 17.2 Å². The molecule has 1 aromatic heterocycles. The maximum Gasteiger partial charge on any atom is 0.303 e. The topological polar surface area (TPSA) is 110 Å². The van der Waals surface area contributed by atoms with Gasteiger partial charge in [-0.05, 0) is 24.3 Å². The molecule has 0 unspecified atom stereocenters. The summed E-state index contributed by atoms with van der Waals surface area (Å²) in [7, 11) is 3.15. The van der Waals surface area contributed by atoms with E-state index in [0.29, 0.717) is 45.9 Å². The minimum atomic E-state index is -0.436. The third-order valence-corrected chi connectivity index (χ3v) is 6.19. The highest BCUT2D eigenvalue weighted by Crippen LogP contribution is 2.37. The number of carbonyl (C=O) groups is 1. The number of methoxy groups -OCH3 is 2. The average Bonchev–Trinajstić information content (AvgIpc) is 3.43. The van der Waals surface area contributed by atoms with Gasteiger partial charge in [0.2, 0.25) is 0 Å². The number of benzene rings is 2. The van der Waals surface area contributed by atoms with Gasteiger partial charge >= 0.3 is 5.97 Å². The van der Waals surface area contributed by atoms with E-state index in [1.54, 1.807) is 32.4 Å². The second-order valence-electron chi connectivity index (χ2n) is 8.12. The summed E-state index contributed by atoms with van der Waals surface area (Å²) in [5.74, 6) is 1.86. The van der Waals surface area contributed by atoms with Gasteiger partial charge in [-0.25, -0.2) is 9.97 Å². The van der Waals surface area contributed by atoms with Crippen LogP contribution in [0.3, 0.4) is 0 Å². The predicted molar refractivity (Wildman–Crippen MR) is 127 cm³/mol. The molecule has 1 N–H and O–H groups in total. The summed E-state index contributed by atoms with van der Waals surface area (Å²) in [5, 5.41) is 4.44. The van der Waals surface area contributed by atoms with Gasteiger partial charge in [-0.3, -0.25) is 4.79 Å². The van der Waals surface area contributed by atoms with Crippen molar-refractivity contribution in [2.24, 2.45) is 0 Å². The standard InChI is InChI=1S/C24H24ClN3O7/c1-12(29)34-20-9-32-23-21(10-33-22(20)23)35-17-5-4-13(6-15(17)25)28-24-14-7-18(30-2)19(31-3)8-16(14)26-11-27-24/h4-8,11,20-23H,9-10H2,1-3H3,(H,26,27,28)/t20-,21-,22+,23+/m0/s1. The summed E-state index contributed by atoms with van der Waals surface area (Å²) in [6.07, 6.45) is -0.0333. The minimum absolute atomic E-state index is 0.273. The highest BCUT2D eigenvalue weighted by molar-refractivity contribution is 6.32. The molecule has 3 aromatic rings. The molecular formula is C24H24ClN3O7. The molecule has 0 aliphatic carbocycles. The molecular weight excluding hydrogens is 478 g/mol. The van der Waals surface area contributed by atoms with E-state index in [4.69, 9.17) is 40.0 Å². The van der Waals surface area contributed by atoms with Gasteiger partial charge in [0.15, 0.2) is 23.7 Å². The van der Waals surface area contributed by atoms with Crippen LogP contribution < -0.4 is 19.5 Å². The SMILES string of the molecule is COc1cc2ncnc(Nc3ccc(O[C@H]4CO[C@H]5[C@@H]4OC[C@@H]5OC(C)=O)c(Cl)c3)c2cc1OC. The molecule has 0 saturated carbocycles. The third-order valence-electron chi connectivity index (χ3n) is 5.89. The van der Waals surface area contributed by atoms with Crippen LogP contribution in [-0.2, 0) is 19.0 Å². The van der Waals surface area contributed by atoms with E-state index in [2.05, 4.69) is 15.3 Å². The van der Waals surface area contributed by atoms with Crippen molar-refractivity contribution in [3.63, 3.8) is 0 Å². The Hall–Kier alpha value is -3.34. The first-order valence-electron chi connectivity index (χ1n) is 11.0. The van der Waals surface area contributed by atoms with Crippen LogP contribution in [0, 0.1) is 0 Å². The van der Waals surface area contributed by atoms with Crippen molar-refractivity contribution >= 4 is 40.0 Å². The maximum absolute atomic E-state index is 11.3. The largest absolute Gasteiger partial charge is 0.493 e. The number of fused-ring (bicyclic) bond motifs is 2. The number of aromatic nitrogens is 2. The number of ether oxygens (including phenoxy) is 6. The van der Waals surface area contributed by atoms with Gasteiger partial charge in [-0.15, -0.1) is 0 Å². The molecule has 4 atom stereocenters. The summed E-state index contributed by atoms with van der Waals surface area (Å²) >= 11 is 6.53. The average molecular weight is 502 g/mol.